The van der Waals surface area contributed by atoms with E-state index in [1.165, 1.54) is 4.90 Å². The van der Waals surface area contributed by atoms with Gasteiger partial charge in [0.15, 0.2) is 5.11 Å². The molecule has 1 saturated heterocycles. The Morgan fingerprint density at radius 3 is 2.50 bits per heavy atom. The van der Waals surface area contributed by atoms with Gasteiger partial charge in [-0.1, -0.05) is 23.7 Å². The van der Waals surface area contributed by atoms with Crippen LogP contribution in [0.5, 0.6) is 5.75 Å². The van der Waals surface area contributed by atoms with Crippen molar-refractivity contribution in [3.8, 4) is 16.9 Å². The van der Waals surface area contributed by atoms with Crippen molar-refractivity contribution in [3.63, 3.8) is 0 Å². The van der Waals surface area contributed by atoms with Gasteiger partial charge in [0, 0.05) is 18.9 Å². The molecule has 2 heterocycles. The summed E-state index contributed by atoms with van der Waals surface area (Å²) in [4.78, 5) is 24.3. The number of anilines is 1. The number of pyridine rings is 1. The van der Waals surface area contributed by atoms with Gasteiger partial charge in [-0.3, -0.25) is 14.7 Å². The fraction of sp³-hybridized carbons (Fsp3) is 0.286. The minimum Gasteiger partial charge on any atom is -0.493 e. The van der Waals surface area contributed by atoms with Crippen molar-refractivity contribution >= 4 is 46.2 Å². The molecule has 0 aliphatic carbocycles. The van der Waals surface area contributed by atoms with Crippen molar-refractivity contribution in [1.29, 1.82) is 0 Å². The summed E-state index contributed by atoms with van der Waals surface area (Å²) in [7, 11) is 0. The van der Waals surface area contributed by atoms with Crippen LogP contribution in [0.4, 0.5) is 11.4 Å². The zero-order valence-electron chi connectivity index (χ0n) is 20.7. The number of hydrogen-bond donors (Lipinski definition) is 0. The number of aryl methyl sites for hydroxylation is 1. The molecule has 1 aliphatic rings. The lowest BCUT2D eigenvalue weighted by Gasteiger charge is -2.29. The average molecular weight is 519 g/mol. The molecule has 6 nitrogen and oxygen atoms in total. The van der Waals surface area contributed by atoms with Crippen LogP contribution in [0.1, 0.15) is 31.4 Å². The predicted octanol–water partition coefficient (Wildman–Crippen LogP) is 6.75. The summed E-state index contributed by atoms with van der Waals surface area (Å²) >= 11 is 12.1. The molecule has 0 spiro atoms. The molecule has 0 unspecified atom stereocenters. The summed E-state index contributed by atoms with van der Waals surface area (Å²) in [6.07, 6.45) is 4.25. The van der Waals surface area contributed by atoms with E-state index >= 15 is 0 Å². The van der Waals surface area contributed by atoms with Gasteiger partial charge in [0.2, 0.25) is 5.69 Å². The highest BCUT2D eigenvalue weighted by molar-refractivity contribution is 7.80. The number of amides is 1. The van der Waals surface area contributed by atoms with Gasteiger partial charge in [-0.05, 0) is 98.9 Å². The molecule has 1 fully saturated rings. The third kappa shape index (κ3) is 4.67. The van der Waals surface area contributed by atoms with Crippen molar-refractivity contribution in [2.45, 2.75) is 39.7 Å². The Bertz CT molecular complexity index is 1370. The maximum absolute atomic E-state index is 13.4. The zero-order valence-corrected chi connectivity index (χ0v) is 22.3. The lowest BCUT2D eigenvalue weighted by molar-refractivity contribution is -0.123. The first-order valence-electron chi connectivity index (χ1n) is 11.6. The van der Waals surface area contributed by atoms with Gasteiger partial charge in [0.1, 0.15) is 11.3 Å². The Hall–Kier alpha value is -3.47. The first-order valence-corrected chi connectivity index (χ1v) is 12.4. The van der Waals surface area contributed by atoms with Gasteiger partial charge in [0.25, 0.3) is 5.91 Å². The summed E-state index contributed by atoms with van der Waals surface area (Å²) in [5.41, 5.74) is 4.09. The predicted molar refractivity (Wildman–Crippen MR) is 148 cm³/mol. The van der Waals surface area contributed by atoms with E-state index in [1.54, 1.807) is 31.5 Å². The minimum atomic E-state index is -0.809. The number of hydrogen-bond acceptors (Lipinski definition) is 4. The van der Waals surface area contributed by atoms with Crippen LogP contribution in [0.3, 0.4) is 0 Å². The summed E-state index contributed by atoms with van der Waals surface area (Å²) in [6.45, 7) is 15.9. The first-order chi connectivity index (χ1) is 17.2. The highest BCUT2D eigenvalue weighted by Crippen LogP contribution is 2.39. The van der Waals surface area contributed by atoms with Crippen LogP contribution in [0.2, 0.25) is 5.02 Å². The van der Waals surface area contributed by atoms with Gasteiger partial charge in [-0.15, -0.1) is 0 Å². The molecule has 184 valence electrons. The lowest BCUT2D eigenvalue weighted by Crippen LogP contribution is -2.44. The number of carbonyl (C=O) groups is 1. The molecular weight excluding hydrogens is 492 g/mol. The second-order valence-electron chi connectivity index (χ2n) is 9.21. The molecule has 3 aromatic rings. The number of nitrogens with zero attached hydrogens (tertiary/aromatic N) is 4. The SMILES string of the molecule is [C-]#[N+]c1ccc(N2C(=O)C(C)(C)N(CCCOc3ccc(-c4ccncc4)cc3C)C2=S)c(C)c1Cl. The van der Waals surface area contributed by atoms with Crippen LogP contribution in [-0.2, 0) is 4.79 Å². The number of aromatic nitrogens is 1. The average Bonchev–Trinajstić information content (AvgIpc) is 3.03. The summed E-state index contributed by atoms with van der Waals surface area (Å²) in [6, 6.07) is 13.5. The Balaban J connectivity index is 1.42. The third-order valence-electron chi connectivity index (χ3n) is 6.49. The van der Waals surface area contributed by atoms with E-state index in [2.05, 4.69) is 15.9 Å². The Morgan fingerprint density at radius 2 is 1.83 bits per heavy atom. The summed E-state index contributed by atoms with van der Waals surface area (Å²) in [5, 5.41) is 0.769. The number of carbonyl (C=O) groups excluding carboxylic acids is 1. The molecule has 8 heteroatoms. The van der Waals surface area contributed by atoms with Crippen molar-refractivity contribution < 1.29 is 9.53 Å². The summed E-state index contributed by atoms with van der Waals surface area (Å²) < 4.78 is 6.06. The quantitative estimate of drug-likeness (QED) is 0.197. The molecule has 0 N–H and O–H groups in total. The number of rotatable bonds is 7. The maximum atomic E-state index is 13.4. The smallest absolute Gasteiger partial charge is 0.258 e. The van der Waals surface area contributed by atoms with Crippen LogP contribution < -0.4 is 9.64 Å². The normalized spacial score (nSPS) is 14.8. The van der Waals surface area contributed by atoms with Crippen molar-refractivity contribution in [2.75, 3.05) is 18.1 Å². The van der Waals surface area contributed by atoms with Gasteiger partial charge in [-0.2, -0.15) is 0 Å². The van der Waals surface area contributed by atoms with E-state index in [4.69, 9.17) is 35.1 Å². The molecule has 0 saturated carbocycles. The van der Waals surface area contributed by atoms with Crippen LogP contribution in [0, 0.1) is 20.4 Å². The molecule has 1 aromatic heterocycles. The lowest BCUT2D eigenvalue weighted by atomic mass is 10.0. The number of benzene rings is 2. The molecule has 0 bridgehead atoms. The minimum absolute atomic E-state index is 0.120. The van der Waals surface area contributed by atoms with Crippen molar-refractivity contribution in [1.82, 2.24) is 9.88 Å². The van der Waals surface area contributed by atoms with Crippen molar-refractivity contribution in [3.05, 3.63) is 82.4 Å². The van der Waals surface area contributed by atoms with E-state index in [-0.39, 0.29) is 5.91 Å². The van der Waals surface area contributed by atoms with Gasteiger partial charge in [0.05, 0.1) is 23.9 Å². The van der Waals surface area contributed by atoms with E-state index in [0.717, 1.165) is 22.4 Å². The second kappa shape index (κ2) is 10.3. The van der Waals surface area contributed by atoms with Crippen LogP contribution in [-0.4, -0.2) is 39.6 Å². The summed E-state index contributed by atoms with van der Waals surface area (Å²) in [5.74, 6) is 0.713. The van der Waals surface area contributed by atoms with Crippen LogP contribution in [0.15, 0.2) is 54.9 Å². The number of ether oxygens (including phenoxy) is 1. The van der Waals surface area contributed by atoms with Crippen molar-refractivity contribution in [2.24, 2.45) is 0 Å². The molecule has 4 rings (SSSR count). The fourth-order valence-electron chi connectivity index (χ4n) is 4.35. The van der Waals surface area contributed by atoms with E-state index in [1.807, 2.05) is 49.9 Å². The number of halogens is 1. The Labute approximate surface area is 222 Å². The topological polar surface area (TPSA) is 50.0 Å². The van der Waals surface area contributed by atoms with Crippen LogP contribution >= 0.6 is 23.8 Å². The fourth-order valence-corrected chi connectivity index (χ4v) is 5.06. The molecule has 2 aromatic carbocycles. The number of thiocarbonyl (C=S) groups is 1. The Morgan fingerprint density at radius 1 is 1.11 bits per heavy atom. The monoisotopic (exact) mass is 518 g/mol. The molecular formula is C28H27ClN4O2S. The molecule has 0 atom stereocenters. The third-order valence-corrected chi connectivity index (χ3v) is 7.37. The maximum Gasteiger partial charge on any atom is 0.258 e. The first kappa shape index (κ1) is 25.6. The Kier molecular flexibility index (Phi) is 7.30. The standard InChI is InChI=1S/C28H27ClN4O2S/c1-18-17-21(20-11-13-31-14-12-20)7-10-24(18)35-16-6-15-32-27(36)33(26(34)28(32,3)4)23-9-8-22(30-5)25(29)19(23)2/h7-14,17H,6,15-16H2,1-4H3. The molecule has 36 heavy (non-hydrogen) atoms. The largest absolute Gasteiger partial charge is 0.493 e. The highest BCUT2D eigenvalue weighted by atomic mass is 35.5. The van der Waals surface area contributed by atoms with E-state index in [9.17, 15) is 4.79 Å². The van der Waals surface area contributed by atoms with Gasteiger partial charge >= 0.3 is 0 Å². The molecule has 1 aliphatic heterocycles. The van der Waals surface area contributed by atoms with Gasteiger partial charge < -0.3 is 9.64 Å². The second-order valence-corrected chi connectivity index (χ2v) is 9.95. The highest BCUT2D eigenvalue weighted by Gasteiger charge is 2.49. The van der Waals surface area contributed by atoms with Gasteiger partial charge in [-0.25, -0.2) is 4.85 Å². The van der Waals surface area contributed by atoms with E-state index < -0.39 is 5.54 Å². The molecule has 1 amide bonds. The molecule has 0 radical (unpaired) electrons. The van der Waals surface area contributed by atoms with Crippen LogP contribution in [0.25, 0.3) is 16.0 Å². The zero-order chi connectivity index (χ0) is 26.0. The van der Waals surface area contributed by atoms with E-state index in [0.29, 0.717) is 46.6 Å².